The van der Waals surface area contributed by atoms with Gasteiger partial charge in [-0.05, 0) is 29.3 Å². The van der Waals surface area contributed by atoms with Gasteiger partial charge < -0.3 is 9.47 Å². The Hall–Kier alpha value is -2.05. The highest BCUT2D eigenvalue weighted by Gasteiger charge is 2.34. The number of methoxy groups -OCH3 is 2. The predicted molar refractivity (Wildman–Crippen MR) is 78.2 cm³/mol. The number of nitrogens with one attached hydrogen (secondary N) is 1. The minimum atomic E-state index is -3.46. The van der Waals surface area contributed by atoms with Gasteiger partial charge in [-0.2, -0.15) is 4.72 Å². The maximum Gasteiger partial charge on any atom is 0.241 e. The lowest BCUT2D eigenvalue weighted by Crippen LogP contribution is -2.20. The topological polar surface area (TPSA) is 64.6 Å². The van der Waals surface area contributed by atoms with Crippen molar-refractivity contribution >= 4 is 10.0 Å². The second-order valence-corrected chi connectivity index (χ2v) is 6.39. The van der Waals surface area contributed by atoms with Gasteiger partial charge >= 0.3 is 0 Å². The maximum atomic E-state index is 12.1. The quantitative estimate of drug-likeness (QED) is 0.943. The van der Waals surface area contributed by atoms with Gasteiger partial charge in [0.25, 0.3) is 0 Å². The molecule has 5 nitrogen and oxygen atoms in total. The number of rotatable bonds is 3. The summed E-state index contributed by atoms with van der Waals surface area (Å²) < 4.78 is 37.4. The van der Waals surface area contributed by atoms with Gasteiger partial charge in [0.1, 0.15) is 0 Å². The van der Waals surface area contributed by atoms with Crippen molar-refractivity contribution in [2.45, 2.75) is 10.9 Å². The summed E-state index contributed by atoms with van der Waals surface area (Å²) in [5, 5.41) is 0. The first-order valence-electron chi connectivity index (χ1n) is 6.40. The molecule has 0 amide bonds. The number of benzene rings is 2. The molecule has 0 bridgehead atoms. The Labute approximate surface area is 123 Å². The fourth-order valence-electron chi connectivity index (χ4n) is 2.53. The Morgan fingerprint density at radius 1 is 1.00 bits per heavy atom. The molecule has 2 aromatic rings. The van der Waals surface area contributed by atoms with Crippen molar-refractivity contribution in [2.75, 3.05) is 14.2 Å². The second kappa shape index (κ2) is 5.05. The zero-order valence-electron chi connectivity index (χ0n) is 11.7. The van der Waals surface area contributed by atoms with Crippen molar-refractivity contribution in [1.29, 1.82) is 0 Å². The molecule has 1 aliphatic rings. The molecule has 6 heteroatoms. The third-order valence-electron chi connectivity index (χ3n) is 3.53. The highest BCUT2D eigenvalue weighted by molar-refractivity contribution is 7.89. The van der Waals surface area contributed by atoms with Crippen molar-refractivity contribution in [2.24, 2.45) is 0 Å². The smallest absolute Gasteiger partial charge is 0.241 e. The fraction of sp³-hybridized carbons (Fsp3) is 0.200. The molecule has 3 rings (SSSR count). The molecule has 1 heterocycles. The van der Waals surface area contributed by atoms with E-state index in [9.17, 15) is 8.42 Å². The maximum absolute atomic E-state index is 12.1. The van der Waals surface area contributed by atoms with Crippen LogP contribution in [0.25, 0.3) is 0 Å². The van der Waals surface area contributed by atoms with E-state index in [1.165, 1.54) is 0 Å². The number of hydrogen-bond donors (Lipinski definition) is 1. The molecule has 0 aromatic heterocycles. The van der Waals surface area contributed by atoms with Crippen LogP contribution in [0.5, 0.6) is 11.5 Å². The summed E-state index contributed by atoms with van der Waals surface area (Å²) in [6, 6.07) is 11.9. The highest BCUT2D eigenvalue weighted by atomic mass is 32.2. The molecule has 21 heavy (non-hydrogen) atoms. The molecule has 2 aromatic carbocycles. The minimum absolute atomic E-state index is 0.324. The minimum Gasteiger partial charge on any atom is -0.493 e. The molecule has 110 valence electrons. The summed E-state index contributed by atoms with van der Waals surface area (Å²) >= 11 is 0. The summed E-state index contributed by atoms with van der Waals surface area (Å²) in [6.07, 6.45) is 0. The number of fused-ring (bicyclic) bond motifs is 1. The SMILES string of the molecule is COc1ccc(C2NS(=O)(=O)c3ccccc32)cc1OC. The molecule has 1 N–H and O–H groups in total. The molecule has 1 atom stereocenters. The number of hydrogen-bond acceptors (Lipinski definition) is 4. The van der Waals surface area contributed by atoms with Crippen molar-refractivity contribution in [1.82, 2.24) is 4.72 Å². The summed E-state index contributed by atoms with van der Waals surface area (Å²) in [5.74, 6) is 1.17. The Bertz CT molecular complexity index is 786. The monoisotopic (exact) mass is 305 g/mol. The van der Waals surface area contributed by atoms with E-state index in [4.69, 9.17) is 9.47 Å². The molecule has 0 saturated heterocycles. The van der Waals surface area contributed by atoms with E-state index in [0.29, 0.717) is 16.4 Å². The van der Waals surface area contributed by atoms with Crippen LogP contribution in [0.3, 0.4) is 0 Å². The molecule has 0 radical (unpaired) electrons. The van der Waals surface area contributed by atoms with Crippen molar-refractivity contribution in [3.8, 4) is 11.5 Å². The third kappa shape index (κ3) is 2.26. The molecule has 1 aliphatic heterocycles. The largest absolute Gasteiger partial charge is 0.493 e. The van der Waals surface area contributed by atoms with Gasteiger partial charge in [0.05, 0.1) is 25.2 Å². The van der Waals surface area contributed by atoms with E-state index < -0.39 is 16.1 Å². The Kier molecular flexibility index (Phi) is 3.35. The second-order valence-electron chi connectivity index (χ2n) is 4.71. The Morgan fingerprint density at radius 2 is 1.71 bits per heavy atom. The van der Waals surface area contributed by atoms with E-state index >= 15 is 0 Å². The molecule has 0 aliphatic carbocycles. The van der Waals surface area contributed by atoms with Crippen molar-refractivity contribution in [3.05, 3.63) is 53.6 Å². The third-order valence-corrected chi connectivity index (χ3v) is 5.03. The van der Waals surface area contributed by atoms with Crippen molar-refractivity contribution < 1.29 is 17.9 Å². The van der Waals surface area contributed by atoms with Crippen LogP contribution in [-0.4, -0.2) is 22.6 Å². The van der Waals surface area contributed by atoms with Gasteiger partial charge in [0.2, 0.25) is 10.0 Å². The normalized spacial score (nSPS) is 19.0. The summed E-state index contributed by atoms with van der Waals surface area (Å²) in [5.41, 5.74) is 1.55. The molecule has 1 unspecified atom stereocenters. The van der Waals surface area contributed by atoms with Crippen molar-refractivity contribution in [3.63, 3.8) is 0 Å². The lowest BCUT2D eigenvalue weighted by Gasteiger charge is -2.14. The van der Waals surface area contributed by atoms with E-state index in [-0.39, 0.29) is 0 Å². The lowest BCUT2D eigenvalue weighted by molar-refractivity contribution is 0.354. The molecule has 0 fully saturated rings. The number of sulfonamides is 1. The Balaban J connectivity index is 2.11. The van der Waals surface area contributed by atoms with Gasteiger partial charge in [0, 0.05) is 0 Å². The van der Waals surface area contributed by atoms with Gasteiger partial charge in [-0.3, -0.25) is 0 Å². The van der Waals surface area contributed by atoms with E-state index in [1.807, 2.05) is 18.2 Å². The van der Waals surface area contributed by atoms with Crippen LogP contribution in [0, 0.1) is 0 Å². The first-order valence-corrected chi connectivity index (χ1v) is 7.88. The average Bonchev–Trinajstić information content (AvgIpc) is 2.79. The van der Waals surface area contributed by atoms with Crippen LogP contribution in [0.2, 0.25) is 0 Å². The van der Waals surface area contributed by atoms with Gasteiger partial charge in [-0.15, -0.1) is 0 Å². The van der Waals surface area contributed by atoms with Crippen LogP contribution in [0.15, 0.2) is 47.4 Å². The van der Waals surface area contributed by atoms with Gasteiger partial charge in [0.15, 0.2) is 11.5 Å². The summed E-state index contributed by atoms with van der Waals surface area (Å²) in [4.78, 5) is 0.324. The van der Waals surface area contributed by atoms with Gasteiger partial charge in [-0.25, -0.2) is 8.42 Å². The van der Waals surface area contributed by atoms with Crippen LogP contribution >= 0.6 is 0 Å². The van der Waals surface area contributed by atoms with E-state index in [0.717, 1.165) is 11.1 Å². The molecule has 0 saturated carbocycles. The first-order chi connectivity index (χ1) is 10.1. The Morgan fingerprint density at radius 3 is 2.43 bits per heavy atom. The summed E-state index contributed by atoms with van der Waals surface area (Å²) in [7, 11) is -0.350. The zero-order valence-corrected chi connectivity index (χ0v) is 12.5. The molecular weight excluding hydrogens is 290 g/mol. The summed E-state index contributed by atoms with van der Waals surface area (Å²) in [6.45, 7) is 0. The van der Waals surface area contributed by atoms with E-state index in [1.54, 1.807) is 38.5 Å². The molecule has 0 spiro atoms. The highest BCUT2D eigenvalue weighted by Crippen LogP contribution is 2.38. The predicted octanol–water partition coefficient (Wildman–Crippen LogP) is 2.09. The zero-order chi connectivity index (χ0) is 15.0. The fourth-order valence-corrected chi connectivity index (χ4v) is 3.98. The van der Waals surface area contributed by atoms with Crippen LogP contribution in [0.4, 0.5) is 0 Å². The van der Waals surface area contributed by atoms with Crippen LogP contribution in [0.1, 0.15) is 17.2 Å². The lowest BCUT2D eigenvalue weighted by atomic mass is 9.99. The number of ether oxygens (including phenoxy) is 2. The van der Waals surface area contributed by atoms with Crippen LogP contribution in [-0.2, 0) is 10.0 Å². The first kappa shape index (κ1) is 13.9. The average molecular weight is 305 g/mol. The van der Waals surface area contributed by atoms with Gasteiger partial charge in [-0.1, -0.05) is 24.3 Å². The van der Waals surface area contributed by atoms with Crippen LogP contribution < -0.4 is 14.2 Å². The standard InChI is InChI=1S/C15H15NO4S/c1-19-12-8-7-10(9-13(12)20-2)15-11-5-3-4-6-14(11)21(17,18)16-15/h3-9,15-16H,1-2H3. The molecular formula is C15H15NO4S. The van der Waals surface area contributed by atoms with E-state index in [2.05, 4.69) is 4.72 Å².